The number of amides is 2. The first kappa shape index (κ1) is 18.7. The van der Waals surface area contributed by atoms with Gasteiger partial charge in [-0.3, -0.25) is 14.4 Å². The lowest BCUT2D eigenvalue weighted by atomic mass is 10.1. The summed E-state index contributed by atoms with van der Waals surface area (Å²) in [7, 11) is 0. The molecule has 0 aliphatic carbocycles. The molecule has 0 aliphatic heterocycles. The van der Waals surface area contributed by atoms with Crippen LogP contribution in [0.4, 0.5) is 0 Å². The van der Waals surface area contributed by atoms with E-state index in [0.29, 0.717) is 24.9 Å². The molecule has 0 spiro atoms. The van der Waals surface area contributed by atoms with Crippen LogP contribution >= 0.6 is 0 Å². The molecule has 0 bridgehead atoms. The van der Waals surface area contributed by atoms with Crippen LogP contribution < -0.4 is 5.32 Å². The first-order chi connectivity index (χ1) is 11.0. The third-order valence-electron chi connectivity index (χ3n) is 3.64. The number of rotatable bonds is 9. The highest BCUT2D eigenvalue weighted by molar-refractivity contribution is 5.94. The summed E-state index contributed by atoms with van der Waals surface area (Å²) in [6.45, 7) is 3.83. The van der Waals surface area contributed by atoms with Gasteiger partial charge >= 0.3 is 5.97 Å². The second-order valence-corrected chi connectivity index (χ2v) is 5.40. The minimum Gasteiger partial charge on any atom is -0.480 e. The molecule has 0 saturated carbocycles. The molecule has 1 aromatic rings. The Hall–Kier alpha value is -2.37. The SMILES string of the molecule is CCC(C)N(CC(=O)O)C(=O)CCCNC(=O)c1ccccc1. The fourth-order valence-corrected chi connectivity index (χ4v) is 2.13. The lowest BCUT2D eigenvalue weighted by Gasteiger charge is -2.27. The van der Waals surface area contributed by atoms with Crippen molar-refractivity contribution in [2.45, 2.75) is 39.2 Å². The van der Waals surface area contributed by atoms with Crippen LogP contribution in [0.1, 0.15) is 43.5 Å². The summed E-state index contributed by atoms with van der Waals surface area (Å²) in [5.41, 5.74) is 0.575. The molecule has 1 aromatic carbocycles. The van der Waals surface area contributed by atoms with Crippen LogP contribution in [0.2, 0.25) is 0 Å². The van der Waals surface area contributed by atoms with Crippen molar-refractivity contribution in [2.75, 3.05) is 13.1 Å². The topological polar surface area (TPSA) is 86.7 Å². The summed E-state index contributed by atoms with van der Waals surface area (Å²) in [6, 6.07) is 8.73. The fourth-order valence-electron chi connectivity index (χ4n) is 2.13. The van der Waals surface area contributed by atoms with E-state index in [2.05, 4.69) is 5.32 Å². The normalized spacial score (nSPS) is 11.6. The zero-order valence-corrected chi connectivity index (χ0v) is 13.6. The van der Waals surface area contributed by atoms with Crippen LogP contribution in [0.3, 0.4) is 0 Å². The van der Waals surface area contributed by atoms with Crippen LogP contribution in [0.25, 0.3) is 0 Å². The zero-order chi connectivity index (χ0) is 17.2. The highest BCUT2D eigenvalue weighted by Crippen LogP contribution is 2.07. The molecule has 0 heterocycles. The van der Waals surface area contributed by atoms with Crippen LogP contribution in [-0.2, 0) is 9.59 Å². The van der Waals surface area contributed by atoms with Crippen molar-refractivity contribution in [3.05, 3.63) is 35.9 Å². The maximum absolute atomic E-state index is 12.1. The predicted octanol–water partition coefficient (Wildman–Crippen LogP) is 1.91. The fraction of sp³-hybridized carbons (Fsp3) is 0.471. The van der Waals surface area contributed by atoms with Gasteiger partial charge in [-0.15, -0.1) is 0 Å². The Morgan fingerprint density at radius 3 is 2.43 bits per heavy atom. The van der Waals surface area contributed by atoms with E-state index in [9.17, 15) is 14.4 Å². The first-order valence-electron chi connectivity index (χ1n) is 7.80. The molecule has 0 aliphatic rings. The summed E-state index contributed by atoms with van der Waals surface area (Å²) < 4.78 is 0. The number of hydrogen-bond acceptors (Lipinski definition) is 3. The van der Waals surface area contributed by atoms with Crippen molar-refractivity contribution in [2.24, 2.45) is 0 Å². The van der Waals surface area contributed by atoms with Gasteiger partial charge in [0.15, 0.2) is 0 Å². The summed E-state index contributed by atoms with van der Waals surface area (Å²) in [5.74, 6) is -1.39. The number of carboxylic acids is 1. The Kier molecular flexibility index (Phi) is 7.80. The molecule has 0 aromatic heterocycles. The van der Waals surface area contributed by atoms with Gasteiger partial charge in [-0.1, -0.05) is 25.1 Å². The lowest BCUT2D eigenvalue weighted by molar-refractivity contribution is -0.146. The van der Waals surface area contributed by atoms with E-state index in [4.69, 9.17) is 5.11 Å². The molecule has 0 saturated heterocycles. The van der Waals surface area contributed by atoms with Gasteiger partial charge in [0.25, 0.3) is 5.91 Å². The molecule has 1 unspecified atom stereocenters. The number of nitrogens with zero attached hydrogens (tertiary/aromatic N) is 1. The average molecular weight is 320 g/mol. The average Bonchev–Trinajstić information content (AvgIpc) is 2.56. The van der Waals surface area contributed by atoms with E-state index in [1.807, 2.05) is 19.9 Å². The second kappa shape index (κ2) is 9.61. The number of carboxylic acid groups (broad SMARTS) is 1. The number of aliphatic carboxylic acids is 1. The van der Waals surface area contributed by atoms with Gasteiger partial charge in [0.05, 0.1) is 0 Å². The van der Waals surface area contributed by atoms with E-state index in [-0.39, 0.29) is 30.8 Å². The number of carbonyl (C=O) groups is 3. The van der Waals surface area contributed by atoms with Crippen molar-refractivity contribution < 1.29 is 19.5 Å². The maximum Gasteiger partial charge on any atom is 0.323 e. The Morgan fingerprint density at radius 2 is 1.87 bits per heavy atom. The number of carbonyl (C=O) groups excluding carboxylic acids is 2. The van der Waals surface area contributed by atoms with Crippen LogP contribution in [-0.4, -0.2) is 46.9 Å². The number of nitrogens with one attached hydrogen (secondary N) is 1. The van der Waals surface area contributed by atoms with Crippen molar-refractivity contribution in [3.63, 3.8) is 0 Å². The van der Waals surface area contributed by atoms with Gasteiger partial charge in [-0.2, -0.15) is 0 Å². The van der Waals surface area contributed by atoms with Crippen molar-refractivity contribution in [1.82, 2.24) is 10.2 Å². The quantitative estimate of drug-likeness (QED) is 0.680. The maximum atomic E-state index is 12.1. The smallest absolute Gasteiger partial charge is 0.323 e. The molecule has 1 atom stereocenters. The highest BCUT2D eigenvalue weighted by atomic mass is 16.4. The first-order valence-corrected chi connectivity index (χ1v) is 7.80. The van der Waals surface area contributed by atoms with E-state index in [0.717, 1.165) is 0 Å². The van der Waals surface area contributed by atoms with Crippen LogP contribution in [0, 0.1) is 0 Å². The summed E-state index contributed by atoms with van der Waals surface area (Å²) >= 11 is 0. The molecule has 2 amide bonds. The molecule has 126 valence electrons. The molecular formula is C17H24N2O4. The highest BCUT2D eigenvalue weighted by Gasteiger charge is 2.20. The molecule has 2 N–H and O–H groups in total. The summed E-state index contributed by atoms with van der Waals surface area (Å²) in [4.78, 5) is 36.2. The molecule has 0 fully saturated rings. The summed E-state index contributed by atoms with van der Waals surface area (Å²) in [6.07, 6.45) is 1.39. The van der Waals surface area contributed by atoms with Crippen molar-refractivity contribution in [3.8, 4) is 0 Å². The van der Waals surface area contributed by atoms with Gasteiger partial charge in [0.2, 0.25) is 5.91 Å². The number of hydrogen-bond donors (Lipinski definition) is 2. The standard InChI is InChI=1S/C17H24N2O4/c1-3-13(2)19(12-16(21)22)15(20)10-7-11-18-17(23)14-8-5-4-6-9-14/h4-6,8-9,13H,3,7,10-12H2,1-2H3,(H,18,23)(H,21,22). The Labute approximate surface area is 136 Å². The molecular weight excluding hydrogens is 296 g/mol. The van der Waals surface area contributed by atoms with E-state index < -0.39 is 5.97 Å². The molecule has 6 nitrogen and oxygen atoms in total. The zero-order valence-electron chi connectivity index (χ0n) is 13.6. The molecule has 1 rings (SSSR count). The molecule has 0 radical (unpaired) electrons. The minimum absolute atomic E-state index is 0.113. The van der Waals surface area contributed by atoms with Crippen molar-refractivity contribution >= 4 is 17.8 Å². The van der Waals surface area contributed by atoms with Crippen molar-refractivity contribution in [1.29, 1.82) is 0 Å². The Bertz CT molecular complexity index is 531. The predicted molar refractivity (Wildman–Crippen MR) is 87.1 cm³/mol. The van der Waals surface area contributed by atoms with Crippen LogP contribution in [0.15, 0.2) is 30.3 Å². The third kappa shape index (κ3) is 6.50. The van der Waals surface area contributed by atoms with Gasteiger partial charge in [0.1, 0.15) is 6.54 Å². The summed E-state index contributed by atoms with van der Waals surface area (Å²) in [5, 5.41) is 11.6. The third-order valence-corrected chi connectivity index (χ3v) is 3.64. The van der Waals surface area contributed by atoms with Gasteiger partial charge < -0.3 is 15.3 Å². The van der Waals surface area contributed by atoms with E-state index in [1.165, 1.54) is 4.90 Å². The molecule has 23 heavy (non-hydrogen) atoms. The van der Waals surface area contributed by atoms with E-state index >= 15 is 0 Å². The van der Waals surface area contributed by atoms with Gasteiger partial charge in [-0.05, 0) is 31.9 Å². The minimum atomic E-state index is -1.02. The van der Waals surface area contributed by atoms with Gasteiger partial charge in [0, 0.05) is 24.6 Å². The lowest BCUT2D eigenvalue weighted by Crippen LogP contribution is -2.42. The number of benzene rings is 1. The Balaban J connectivity index is 2.39. The molecule has 6 heteroatoms. The van der Waals surface area contributed by atoms with Gasteiger partial charge in [-0.25, -0.2) is 0 Å². The monoisotopic (exact) mass is 320 g/mol. The Morgan fingerprint density at radius 1 is 1.22 bits per heavy atom. The van der Waals surface area contributed by atoms with E-state index in [1.54, 1.807) is 24.3 Å². The van der Waals surface area contributed by atoms with Crippen LogP contribution in [0.5, 0.6) is 0 Å². The largest absolute Gasteiger partial charge is 0.480 e. The second-order valence-electron chi connectivity index (χ2n) is 5.40.